The van der Waals surface area contributed by atoms with Gasteiger partial charge in [0.2, 0.25) is 0 Å². The zero-order chi connectivity index (χ0) is 14.1. The molecule has 0 radical (unpaired) electrons. The normalized spacial score (nSPS) is 20.6. The molecule has 110 valence electrons. The van der Waals surface area contributed by atoms with Crippen LogP contribution in [-0.4, -0.2) is 23.5 Å². The van der Waals surface area contributed by atoms with Crippen LogP contribution < -0.4 is 0 Å². The topological polar surface area (TPSA) is 24.7 Å². The van der Waals surface area contributed by atoms with Gasteiger partial charge in [-0.2, -0.15) is 0 Å². The number of hydrogen-bond acceptors (Lipinski definition) is 2. The second-order valence-corrected chi connectivity index (χ2v) is 5.93. The van der Waals surface area contributed by atoms with Crippen molar-refractivity contribution in [3.63, 3.8) is 0 Å². The van der Waals surface area contributed by atoms with Gasteiger partial charge in [0.25, 0.3) is 0 Å². The van der Waals surface area contributed by atoms with Crippen LogP contribution in [0.15, 0.2) is 9.98 Å². The minimum atomic E-state index is 0.497. The first kappa shape index (κ1) is 16.4. The van der Waals surface area contributed by atoms with Gasteiger partial charge in [-0.25, -0.2) is 0 Å². The van der Waals surface area contributed by atoms with Gasteiger partial charge in [-0.1, -0.05) is 46.0 Å². The molecule has 0 N–H and O–H groups in total. The van der Waals surface area contributed by atoms with Crippen LogP contribution in [0.25, 0.3) is 0 Å². The lowest BCUT2D eigenvalue weighted by Gasteiger charge is -2.19. The van der Waals surface area contributed by atoms with Crippen molar-refractivity contribution in [1.29, 1.82) is 0 Å². The van der Waals surface area contributed by atoms with E-state index < -0.39 is 0 Å². The van der Waals surface area contributed by atoms with Gasteiger partial charge in [0.15, 0.2) is 0 Å². The Kier molecular flexibility index (Phi) is 8.00. The van der Waals surface area contributed by atoms with Crippen LogP contribution in [0.1, 0.15) is 85.5 Å². The number of rotatable bonds is 7. The minimum absolute atomic E-state index is 0.497. The van der Waals surface area contributed by atoms with Gasteiger partial charge in [-0.15, -0.1) is 0 Å². The van der Waals surface area contributed by atoms with E-state index in [1.165, 1.54) is 57.1 Å². The highest BCUT2D eigenvalue weighted by atomic mass is 14.9. The fourth-order valence-electron chi connectivity index (χ4n) is 2.74. The molecule has 2 heteroatoms. The largest absolute Gasteiger partial charge is 0.285 e. The molecule has 1 rings (SSSR count). The smallest absolute Gasteiger partial charge is 0.0528 e. The van der Waals surface area contributed by atoms with Gasteiger partial charge < -0.3 is 0 Å². The summed E-state index contributed by atoms with van der Waals surface area (Å²) in [6, 6.07) is 1.06. The molecule has 0 aliphatic heterocycles. The molecule has 0 aromatic rings. The lowest BCUT2D eigenvalue weighted by atomic mass is 9.96. The number of hydrogen-bond donors (Lipinski definition) is 0. The highest BCUT2D eigenvalue weighted by Gasteiger charge is 2.13. The summed E-state index contributed by atoms with van der Waals surface area (Å²) in [5, 5.41) is 0. The van der Waals surface area contributed by atoms with E-state index in [-0.39, 0.29) is 0 Å². The Morgan fingerprint density at radius 1 is 1.05 bits per heavy atom. The SMILES string of the molecule is CCCCC(CC)N=C(C)C(C)=NC1CCCCC1. The van der Waals surface area contributed by atoms with E-state index >= 15 is 0 Å². The molecule has 19 heavy (non-hydrogen) atoms. The molecule has 0 bridgehead atoms. The number of unbranched alkanes of at least 4 members (excludes halogenated alkanes) is 1. The molecule has 1 aliphatic carbocycles. The van der Waals surface area contributed by atoms with Crippen LogP contribution in [0.2, 0.25) is 0 Å². The first-order valence-corrected chi connectivity index (χ1v) is 8.26. The second-order valence-electron chi connectivity index (χ2n) is 5.93. The molecule has 2 nitrogen and oxygen atoms in total. The first-order valence-electron chi connectivity index (χ1n) is 8.26. The molecule has 1 atom stereocenters. The monoisotopic (exact) mass is 264 g/mol. The minimum Gasteiger partial charge on any atom is -0.285 e. The summed E-state index contributed by atoms with van der Waals surface area (Å²) in [6.45, 7) is 8.76. The van der Waals surface area contributed by atoms with E-state index in [0.717, 1.165) is 12.1 Å². The highest BCUT2D eigenvalue weighted by Crippen LogP contribution is 2.20. The summed E-state index contributed by atoms with van der Waals surface area (Å²) in [5.41, 5.74) is 2.33. The highest BCUT2D eigenvalue weighted by molar-refractivity contribution is 6.40. The van der Waals surface area contributed by atoms with Crippen molar-refractivity contribution < 1.29 is 0 Å². The van der Waals surface area contributed by atoms with Crippen LogP contribution in [-0.2, 0) is 0 Å². The summed E-state index contributed by atoms with van der Waals surface area (Å²) in [5.74, 6) is 0. The predicted molar refractivity (Wildman–Crippen MR) is 86.7 cm³/mol. The van der Waals surface area contributed by atoms with E-state index in [4.69, 9.17) is 9.98 Å². The lowest BCUT2D eigenvalue weighted by Crippen LogP contribution is -2.17. The third-order valence-corrected chi connectivity index (χ3v) is 4.21. The maximum Gasteiger partial charge on any atom is 0.0528 e. The van der Waals surface area contributed by atoms with Crippen LogP contribution >= 0.6 is 0 Å². The van der Waals surface area contributed by atoms with E-state index in [2.05, 4.69) is 27.7 Å². The third-order valence-electron chi connectivity index (χ3n) is 4.21. The van der Waals surface area contributed by atoms with E-state index in [1.807, 2.05) is 0 Å². The van der Waals surface area contributed by atoms with Crippen molar-refractivity contribution in [3.8, 4) is 0 Å². The van der Waals surface area contributed by atoms with Gasteiger partial charge in [0.1, 0.15) is 0 Å². The Bertz CT molecular complexity index is 298. The molecule has 0 aromatic carbocycles. The van der Waals surface area contributed by atoms with Crippen molar-refractivity contribution in [2.24, 2.45) is 9.98 Å². The quantitative estimate of drug-likeness (QED) is 0.564. The summed E-state index contributed by atoms with van der Waals surface area (Å²) in [4.78, 5) is 9.77. The van der Waals surface area contributed by atoms with Crippen molar-refractivity contribution in [2.75, 3.05) is 0 Å². The molecule has 0 aromatic heterocycles. The van der Waals surface area contributed by atoms with Crippen LogP contribution in [0.5, 0.6) is 0 Å². The van der Waals surface area contributed by atoms with Crippen molar-refractivity contribution in [1.82, 2.24) is 0 Å². The zero-order valence-electron chi connectivity index (χ0n) is 13.4. The van der Waals surface area contributed by atoms with Crippen LogP contribution in [0.4, 0.5) is 0 Å². The van der Waals surface area contributed by atoms with E-state index in [9.17, 15) is 0 Å². The Labute approximate surface area is 119 Å². The molecule has 1 aliphatic rings. The molecule has 0 saturated heterocycles. The Morgan fingerprint density at radius 2 is 1.74 bits per heavy atom. The number of aliphatic imine (C=N–C) groups is 2. The first-order chi connectivity index (χ1) is 9.17. The number of nitrogens with zero attached hydrogens (tertiary/aromatic N) is 2. The zero-order valence-corrected chi connectivity index (χ0v) is 13.4. The summed E-state index contributed by atoms with van der Waals surface area (Å²) >= 11 is 0. The van der Waals surface area contributed by atoms with Crippen molar-refractivity contribution >= 4 is 11.4 Å². The van der Waals surface area contributed by atoms with Crippen LogP contribution in [0, 0.1) is 0 Å². The molecule has 0 spiro atoms. The molecule has 1 saturated carbocycles. The Hall–Kier alpha value is -0.660. The summed E-state index contributed by atoms with van der Waals surface area (Å²) in [6.07, 6.45) is 11.6. The Morgan fingerprint density at radius 3 is 2.32 bits per heavy atom. The van der Waals surface area contributed by atoms with Gasteiger partial charge >= 0.3 is 0 Å². The third kappa shape index (κ3) is 6.35. The van der Waals surface area contributed by atoms with Gasteiger partial charge in [-0.3, -0.25) is 9.98 Å². The standard InChI is InChI=1S/C17H32N2/c1-5-7-11-16(6-2)18-14(3)15(4)19-17-12-9-8-10-13-17/h16-17H,5-13H2,1-4H3. The maximum absolute atomic E-state index is 4.89. The lowest BCUT2D eigenvalue weighted by molar-refractivity contribution is 0.443. The molecular weight excluding hydrogens is 232 g/mol. The van der Waals surface area contributed by atoms with Crippen molar-refractivity contribution in [3.05, 3.63) is 0 Å². The fourth-order valence-corrected chi connectivity index (χ4v) is 2.74. The summed E-state index contributed by atoms with van der Waals surface area (Å²) < 4.78 is 0. The summed E-state index contributed by atoms with van der Waals surface area (Å²) in [7, 11) is 0. The average Bonchev–Trinajstić information content (AvgIpc) is 2.44. The van der Waals surface area contributed by atoms with Gasteiger partial charge in [-0.05, 0) is 39.5 Å². The Balaban J connectivity index is 2.56. The van der Waals surface area contributed by atoms with Crippen molar-refractivity contribution in [2.45, 2.75) is 97.6 Å². The molecule has 1 fully saturated rings. The van der Waals surface area contributed by atoms with E-state index in [0.29, 0.717) is 12.1 Å². The second kappa shape index (κ2) is 9.28. The van der Waals surface area contributed by atoms with E-state index in [1.54, 1.807) is 0 Å². The van der Waals surface area contributed by atoms with Crippen LogP contribution in [0.3, 0.4) is 0 Å². The fraction of sp³-hybridized carbons (Fsp3) is 0.882. The molecular formula is C17H32N2. The molecule has 0 amide bonds. The maximum atomic E-state index is 4.89. The average molecular weight is 264 g/mol. The molecule has 0 heterocycles. The van der Waals surface area contributed by atoms with Gasteiger partial charge in [0.05, 0.1) is 23.5 Å². The van der Waals surface area contributed by atoms with Gasteiger partial charge in [0, 0.05) is 0 Å². The molecule has 1 unspecified atom stereocenters. The predicted octanol–water partition coefficient (Wildman–Crippen LogP) is 5.21.